The number of carboxylic acids is 1. The number of aliphatic carboxylic acids is 1. The molecule has 1 aromatic heterocycles. The molecule has 3 heterocycles. The lowest BCUT2D eigenvalue weighted by Gasteiger charge is -2.49. The Morgan fingerprint density at radius 2 is 2.22 bits per heavy atom. The van der Waals surface area contributed by atoms with Crippen LogP contribution >= 0.6 is 51.0 Å². The number of fused-ring (bicyclic) bond motifs is 1. The first-order chi connectivity index (χ1) is 12.9. The molecule has 9 nitrogen and oxygen atoms in total. The Morgan fingerprint density at radius 3 is 2.85 bits per heavy atom. The zero-order valence-electron chi connectivity index (χ0n) is 13.6. The summed E-state index contributed by atoms with van der Waals surface area (Å²) in [5.74, 6) is -1.69. The lowest BCUT2D eigenvalue weighted by molar-refractivity contribution is -0.150. The Kier molecular flexibility index (Phi) is 6.55. The van der Waals surface area contributed by atoms with E-state index in [1.165, 1.54) is 46.3 Å². The molecule has 0 radical (unpaired) electrons. The van der Waals surface area contributed by atoms with Gasteiger partial charge in [-0.2, -0.15) is 4.37 Å². The summed E-state index contributed by atoms with van der Waals surface area (Å²) in [7, 11) is 0. The minimum Gasteiger partial charge on any atom is -0.477 e. The highest BCUT2D eigenvalue weighted by molar-refractivity contribution is 9.09. The van der Waals surface area contributed by atoms with Crippen molar-refractivity contribution in [1.29, 1.82) is 0 Å². The fourth-order valence-corrected chi connectivity index (χ4v) is 5.75. The SMILES string of the molecule is O=C(CBr)CC(=O)NC1C(=O)N2C(C(=O)O)=C(CSc3ncns3)CS[C@H]12. The van der Waals surface area contributed by atoms with Crippen molar-refractivity contribution < 1.29 is 24.3 Å². The molecule has 1 unspecified atom stereocenters. The molecule has 0 spiro atoms. The Labute approximate surface area is 174 Å². The highest BCUT2D eigenvalue weighted by atomic mass is 79.9. The molecule has 144 valence electrons. The van der Waals surface area contributed by atoms with Crippen molar-refractivity contribution >= 4 is 74.6 Å². The molecule has 0 saturated carbocycles. The van der Waals surface area contributed by atoms with Gasteiger partial charge >= 0.3 is 5.97 Å². The van der Waals surface area contributed by atoms with Crippen molar-refractivity contribution in [2.45, 2.75) is 22.2 Å². The van der Waals surface area contributed by atoms with E-state index < -0.39 is 29.2 Å². The van der Waals surface area contributed by atoms with Crippen LogP contribution < -0.4 is 5.32 Å². The molecular weight excluding hydrogens is 480 g/mol. The average Bonchev–Trinajstić information content (AvgIpc) is 3.16. The number of nitrogens with zero attached hydrogens (tertiary/aromatic N) is 3. The van der Waals surface area contributed by atoms with Gasteiger partial charge in [0, 0.05) is 11.5 Å². The summed E-state index contributed by atoms with van der Waals surface area (Å²) in [4.78, 5) is 52.7. The molecule has 1 fully saturated rings. The Hall–Kier alpha value is -1.44. The van der Waals surface area contributed by atoms with E-state index in [4.69, 9.17) is 0 Å². The van der Waals surface area contributed by atoms with Crippen molar-refractivity contribution in [2.75, 3.05) is 16.8 Å². The first kappa shape index (κ1) is 20.3. The third-order valence-corrected chi connectivity index (χ3v) is 7.63. The van der Waals surface area contributed by atoms with E-state index in [2.05, 4.69) is 30.6 Å². The lowest BCUT2D eigenvalue weighted by atomic mass is 10.0. The van der Waals surface area contributed by atoms with Crippen LogP contribution in [0.1, 0.15) is 6.42 Å². The summed E-state index contributed by atoms with van der Waals surface area (Å²) in [6.07, 6.45) is 1.11. The lowest BCUT2D eigenvalue weighted by Crippen LogP contribution is -2.70. The van der Waals surface area contributed by atoms with E-state index >= 15 is 0 Å². The number of aromatic nitrogens is 2. The number of carboxylic acid groups (broad SMARTS) is 1. The number of rotatable bonds is 8. The topological polar surface area (TPSA) is 130 Å². The van der Waals surface area contributed by atoms with Crippen LogP contribution in [-0.4, -0.2) is 71.2 Å². The number of carbonyl (C=O) groups excluding carboxylic acids is 3. The fraction of sp³-hybridized carbons (Fsp3) is 0.429. The third kappa shape index (κ3) is 4.36. The molecule has 3 rings (SSSR count). The standard InChI is InChI=1S/C14H13BrN4O5S3/c15-2-7(20)1-8(21)18-9-11(22)19-10(13(23)24)6(3-25-12(9)19)4-26-14-16-5-17-27-14/h5,9,12H,1-4H2,(H,18,21)(H,23,24)/t9?,12-/m1/s1. The van der Waals surface area contributed by atoms with Gasteiger partial charge in [0.05, 0.1) is 11.8 Å². The Morgan fingerprint density at radius 1 is 1.44 bits per heavy atom. The van der Waals surface area contributed by atoms with Crippen LogP contribution in [0.2, 0.25) is 0 Å². The van der Waals surface area contributed by atoms with E-state index in [-0.39, 0.29) is 23.2 Å². The van der Waals surface area contributed by atoms with Crippen molar-refractivity contribution in [2.24, 2.45) is 0 Å². The molecule has 1 aromatic rings. The number of carbonyl (C=O) groups is 4. The summed E-state index contributed by atoms with van der Waals surface area (Å²) >= 11 is 6.95. The number of thioether (sulfide) groups is 2. The predicted octanol–water partition coefficient (Wildman–Crippen LogP) is 0.723. The minimum atomic E-state index is -1.18. The second-order valence-corrected chi connectivity index (χ2v) is 9.23. The second-order valence-electron chi connectivity index (χ2n) is 5.56. The van der Waals surface area contributed by atoms with Crippen LogP contribution in [0.5, 0.6) is 0 Å². The molecule has 1 saturated heterocycles. The summed E-state index contributed by atoms with van der Waals surface area (Å²) in [6.45, 7) is 0. The third-order valence-electron chi connectivity index (χ3n) is 3.78. The number of hydrogen-bond acceptors (Lipinski definition) is 9. The monoisotopic (exact) mass is 492 g/mol. The molecule has 2 aliphatic rings. The van der Waals surface area contributed by atoms with E-state index in [1.54, 1.807) is 0 Å². The van der Waals surface area contributed by atoms with Gasteiger partial charge < -0.3 is 10.4 Å². The fourth-order valence-electron chi connectivity index (χ4n) is 2.62. The summed E-state index contributed by atoms with van der Waals surface area (Å²) < 4.78 is 4.61. The average molecular weight is 493 g/mol. The molecule has 2 atom stereocenters. The molecular formula is C14H13BrN4O5S3. The van der Waals surface area contributed by atoms with E-state index in [1.807, 2.05) is 0 Å². The molecule has 2 amide bonds. The van der Waals surface area contributed by atoms with Gasteiger partial charge in [-0.05, 0) is 17.1 Å². The highest BCUT2D eigenvalue weighted by Crippen LogP contribution is 2.41. The van der Waals surface area contributed by atoms with E-state index in [0.717, 1.165) is 4.34 Å². The van der Waals surface area contributed by atoms with Gasteiger partial charge in [0.15, 0.2) is 10.1 Å². The van der Waals surface area contributed by atoms with Gasteiger partial charge in [0.25, 0.3) is 5.91 Å². The number of β-lactam (4-membered cyclic amide) rings is 1. The molecule has 0 aromatic carbocycles. The van der Waals surface area contributed by atoms with Crippen molar-refractivity contribution in [3.05, 3.63) is 17.6 Å². The number of halogens is 1. The van der Waals surface area contributed by atoms with E-state index in [0.29, 0.717) is 17.1 Å². The zero-order chi connectivity index (χ0) is 19.6. The predicted molar refractivity (Wildman–Crippen MR) is 104 cm³/mol. The first-order valence-electron chi connectivity index (χ1n) is 7.59. The van der Waals surface area contributed by atoms with Gasteiger partial charge in [-0.3, -0.25) is 19.3 Å². The largest absolute Gasteiger partial charge is 0.477 e. The van der Waals surface area contributed by atoms with Crippen LogP contribution in [-0.2, 0) is 19.2 Å². The van der Waals surface area contributed by atoms with Gasteiger partial charge in [0.2, 0.25) is 5.91 Å². The van der Waals surface area contributed by atoms with Crippen molar-refractivity contribution in [1.82, 2.24) is 19.6 Å². The zero-order valence-corrected chi connectivity index (χ0v) is 17.6. The Balaban J connectivity index is 1.69. The van der Waals surface area contributed by atoms with Crippen LogP contribution in [0, 0.1) is 0 Å². The molecule has 0 aliphatic carbocycles. The number of ketones is 1. The van der Waals surface area contributed by atoms with Gasteiger partial charge in [0.1, 0.15) is 23.4 Å². The van der Waals surface area contributed by atoms with Crippen LogP contribution in [0.4, 0.5) is 0 Å². The Bertz CT molecular complexity index is 816. The normalized spacial score (nSPS) is 21.5. The highest BCUT2D eigenvalue weighted by Gasteiger charge is 2.54. The minimum absolute atomic E-state index is 0.0391. The number of alkyl halides is 1. The second kappa shape index (κ2) is 8.71. The maximum absolute atomic E-state index is 12.5. The van der Waals surface area contributed by atoms with Gasteiger partial charge in [-0.1, -0.05) is 27.7 Å². The van der Waals surface area contributed by atoms with Crippen molar-refractivity contribution in [3.63, 3.8) is 0 Å². The maximum Gasteiger partial charge on any atom is 0.352 e. The summed E-state index contributed by atoms with van der Waals surface area (Å²) in [5, 5.41) is 11.7. The number of Topliss-reactive ketones (excluding diaryl/α,β-unsaturated/α-hetero) is 1. The van der Waals surface area contributed by atoms with Crippen LogP contribution in [0.3, 0.4) is 0 Å². The maximum atomic E-state index is 12.5. The van der Waals surface area contributed by atoms with Crippen LogP contribution in [0.25, 0.3) is 0 Å². The smallest absolute Gasteiger partial charge is 0.352 e. The molecule has 0 bridgehead atoms. The first-order valence-corrected chi connectivity index (χ1v) is 11.5. The van der Waals surface area contributed by atoms with Gasteiger partial charge in [-0.15, -0.1) is 11.8 Å². The molecule has 13 heteroatoms. The quantitative estimate of drug-likeness (QED) is 0.233. The number of amides is 2. The van der Waals surface area contributed by atoms with Crippen LogP contribution in [0.15, 0.2) is 21.9 Å². The molecule has 27 heavy (non-hydrogen) atoms. The van der Waals surface area contributed by atoms with Crippen molar-refractivity contribution in [3.8, 4) is 0 Å². The molecule has 2 N–H and O–H groups in total. The summed E-state index contributed by atoms with van der Waals surface area (Å²) in [6, 6.07) is -0.822. The number of hydrogen-bond donors (Lipinski definition) is 2. The summed E-state index contributed by atoms with van der Waals surface area (Å²) in [5.41, 5.74) is 0.583. The van der Waals surface area contributed by atoms with Gasteiger partial charge in [-0.25, -0.2) is 9.78 Å². The molecule has 2 aliphatic heterocycles. The van der Waals surface area contributed by atoms with E-state index in [9.17, 15) is 24.3 Å². The number of nitrogens with one attached hydrogen (secondary N) is 1.